The number of ether oxygens (including phenoxy) is 1. The first kappa shape index (κ1) is 19.2. The predicted molar refractivity (Wildman–Crippen MR) is 114 cm³/mol. The fourth-order valence-electron chi connectivity index (χ4n) is 2.69. The Morgan fingerprint density at radius 1 is 0.857 bits per heavy atom. The molecule has 0 atom stereocenters. The lowest BCUT2D eigenvalue weighted by atomic mass is 10.1. The van der Waals surface area contributed by atoms with Gasteiger partial charge in [0.2, 0.25) is 0 Å². The van der Waals surface area contributed by atoms with Gasteiger partial charge in [0.15, 0.2) is 0 Å². The van der Waals surface area contributed by atoms with Crippen molar-refractivity contribution in [2.24, 2.45) is 0 Å². The summed E-state index contributed by atoms with van der Waals surface area (Å²) in [6, 6.07) is 22.9. The summed E-state index contributed by atoms with van der Waals surface area (Å²) in [5.41, 5.74) is 5.75. The molecule has 0 fully saturated rings. The molecule has 0 bridgehead atoms. The lowest BCUT2D eigenvalue weighted by molar-refractivity contribution is 0.0473. The van der Waals surface area contributed by atoms with Crippen molar-refractivity contribution < 1.29 is 9.53 Å². The summed E-state index contributed by atoms with van der Waals surface area (Å²) in [5, 5.41) is 6.43. The van der Waals surface area contributed by atoms with Gasteiger partial charge in [-0.15, -0.1) is 0 Å². The Morgan fingerprint density at radius 3 is 2.18 bits per heavy atom. The SMILES string of the molecule is C=C(Nc1ccc(C(=O)OCc2ccccc2)cc1)Nc1ccc(C)c(C)c1. The Balaban J connectivity index is 1.53. The lowest BCUT2D eigenvalue weighted by Crippen LogP contribution is -2.09. The molecule has 0 aliphatic carbocycles. The van der Waals surface area contributed by atoms with Crippen LogP contribution in [0.1, 0.15) is 27.0 Å². The van der Waals surface area contributed by atoms with Gasteiger partial charge in [-0.3, -0.25) is 0 Å². The van der Waals surface area contributed by atoms with Crippen LogP contribution in [-0.4, -0.2) is 5.97 Å². The molecule has 4 nitrogen and oxygen atoms in total. The average molecular weight is 372 g/mol. The van der Waals surface area contributed by atoms with E-state index in [9.17, 15) is 4.79 Å². The van der Waals surface area contributed by atoms with Gasteiger partial charge in [0.25, 0.3) is 0 Å². The van der Waals surface area contributed by atoms with Crippen LogP contribution in [0.5, 0.6) is 0 Å². The minimum atomic E-state index is -0.345. The predicted octanol–water partition coefficient (Wildman–Crippen LogP) is 5.66. The number of anilines is 2. The monoisotopic (exact) mass is 372 g/mol. The van der Waals surface area contributed by atoms with Crippen LogP contribution < -0.4 is 10.6 Å². The van der Waals surface area contributed by atoms with Crippen molar-refractivity contribution in [2.45, 2.75) is 20.5 Å². The summed E-state index contributed by atoms with van der Waals surface area (Å²) >= 11 is 0. The molecule has 4 heteroatoms. The van der Waals surface area contributed by atoms with Crippen molar-refractivity contribution in [3.8, 4) is 0 Å². The summed E-state index contributed by atoms with van der Waals surface area (Å²) in [7, 11) is 0. The smallest absolute Gasteiger partial charge is 0.338 e. The lowest BCUT2D eigenvalue weighted by Gasteiger charge is -2.13. The van der Waals surface area contributed by atoms with Gasteiger partial charge in [-0.2, -0.15) is 0 Å². The molecule has 0 saturated heterocycles. The molecule has 3 aromatic rings. The molecule has 0 aliphatic heterocycles. The number of carbonyl (C=O) groups is 1. The van der Waals surface area contributed by atoms with Crippen molar-refractivity contribution in [1.29, 1.82) is 0 Å². The van der Waals surface area contributed by atoms with Gasteiger partial charge in [0.05, 0.1) is 5.56 Å². The molecule has 2 N–H and O–H groups in total. The molecule has 28 heavy (non-hydrogen) atoms. The normalized spacial score (nSPS) is 10.2. The first-order valence-corrected chi connectivity index (χ1v) is 9.12. The molecule has 0 spiro atoms. The third kappa shape index (κ3) is 5.24. The van der Waals surface area contributed by atoms with Gasteiger partial charge < -0.3 is 15.4 Å². The van der Waals surface area contributed by atoms with Gasteiger partial charge in [-0.25, -0.2) is 4.79 Å². The Bertz CT molecular complexity index is 964. The zero-order chi connectivity index (χ0) is 19.9. The van der Waals surface area contributed by atoms with E-state index in [4.69, 9.17) is 4.74 Å². The summed E-state index contributed by atoms with van der Waals surface area (Å²) in [6.07, 6.45) is 0. The second kappa shape index (κ2) is 8.91. The Hall–Kier alpha value is -3.53. The van der Waals surface area contributed by atoms with Crippen molar-refractivity contribution in [1.82, 2.24) is 0 Å². The summed E-state index contributed by atoms with van der Waals surface area (Å²) in [5.74, 6) is 0.310. The Labute approximate surface area is 165 Å². The van der Waals surface area contributed by atoms with Crippen LogP contribution in [0.25, 0.3) is 0 Å². The average Bonchev–Trinajstić information content (AvgIpc) is 2.70. The van der Waals surface area contributed by atoms with E-state index >= 15 is 0 Å². The highest BCUT2D eigenvalue weighted by molar-refractivity contribution is 5.89. The van der Waals surface area contributed by atoms with E-state index in [-0.39, 0.29) is 12.6 Å². The summed E-state index contributed by atoms with van der Waals surface area (Å²) < 4.78 is 5.35. The minimum Gasteiger partial charge on any atom is -0.457 e. The largest absolute Gasteiger partial charge is 0.457 e. The minimum absolute atomic E-state index is 0.260. The second-order valence-corrected chi connectivity index (χ2v) is 6.67. The van der Waals surface area contributed by atoms with Gasteiger partial charge in [0, 0.05) is 11.4 Å². The van der Waals surface area contributed by atoms with Crippen LogP contribution in [0.4, 0.5) is 11.4 Å². The number of esters is 1. The molecule has 0 amide bonds. The molecule has 0 heterocycles. The van der Waals surface area contributed by atoms with Crippen LogP contribution in [0.3, 0.4) is 0 Å². The zero-order valence-electron chi connectivity index (χ0n) is 16.2. The highest BCUT2D eigenvalue weighted by Crippen LogP contribution is 2.17. The van der Waals surface area contributed by atoms with E-state index < -0.39 is 0 Å². The van der Waals surface area contributed by atoms with Crippen molar-refractivity contribution >= 4 is 17.3 Å². The fraction of sp³-hybridized carbons (Fsp3) is 0.125. The van der Waals surface area contributed by atoms with Gasteiger partial charge in [-0.05, 0) is 66.9 Å². The van der Waals surface area contributed by atoms with E-state index in [1.807, 2.05) is 48.5 Å². The molecule has 3 aromatic carbocycles. The van der Waals surface area contributed by atoms with E-state index in [0.717, 1.165) is 16.9 Å². The van der Waals surface area contributed by atoms with Gasteiger partial charge in [-0.1, -0.05) is 43.0 Å². The number of hydrogen-bond donors (Lipinski definition) is 2. The maximum atomic E-state index is 12.2. The molecular formula is C24H24N2O2. The van der Waals surface area contributed by atoms with E-state index in [1.54, 1.807) is 12.1 Å². The van der Waals surface area contributed by atoms with Crippen LogP contribution in [0.15, 0.2) is 85.2 Å². The molecule has 0 aromatic heterocycles. The third-order valence-corrected chi connectivity index (χ3v) is 4.43. The number of nitrogens with one attached hydrogen (secondary N) is 2. The van der Waals surface area contributed by atoms with Crippen LogP contribution in [-0.2, 0) is 11.3 Å². The van der Waals surface area contributed by atoms with Crippen molar-refractivity contribution in [2.75, 3.05) is 10.6 Å². The molecule has 0 radical (unpaired) electrons. The summed E-state index contributed by atoms with van der Waals surface area (Å²) in [4.78, 5) is 12.2. The first-order valence-electron chi connectivity index (χ1n) is 9.12. The summed E-state index contributed by atoms with van der Waals surface area (Å²) in [6.45, 7) is 8.42. The maximum Gasteiger partial charge on any atom is 0.338 e. The topological polar surface area (TPSA) is 50.4 Å². The Morgan fingerprint density at radius 2 is 1.50 bits per heavy atom. The highest BCUT2D eigenvalue weighted by atomic mass is 16.5. The van der Waals surface area contributed by atoms with Gasteiger partial charge in [0.1, 0.15) is 12.4 Å². The van der Waals surface area contributed by atoms with Crippen LogP contribution >= 0.6 is 0 Å². The molecule has 0 saturated carbocycles. The standard InChI is InChI=1S/C24H24N2O2/c1-17-9-12-23(15-18(17)2)26-19(3)25-22-13-10-21(11-14-22)24(27)28-16-20-7-5-4-6-8-20/h4-15,25-26H,3,16H2,1-2H3. The highest BCUT2D eigenvalue weighted by Gasteiger charge is 2.07. The van der Waals surface area contributed by atoms with E-state index in [2.05, 4.69) is 43.2 Å². The fourth-order valence-corrected chi connectivity index (χ4v) is 2.69. The number of aryl methyl sites for hydroxylation is 2. The molecule has 142 valence electrons. The first-order chi connectivity index (χ1) is 13.5. The number of rotatable bonds is 7. The van der Waals surface area contributed by atoms with Crippen LogP contribution in [0, 0.1) is 13.8 Å². The number of carbonyl (C=O) groups excluding carboxylic acids is 1. The quantitative estimate of drug-likeness (QED) is 0.526. The Kier molecular flexibility index (Phi) is 6.12. The maximum absolute atomic E-state index is 12.2. The van der Waals surface area contributed by atoms with E-state index in [1.165, 1.54) is 11.1 Å². The molecule has 0 aliphatic rings. The number of hydrogen-bond acceptors (Lipinski definition) is 4. The van der Waals surface area contributed by atoms with Crippen molar-refractivity contribution in [3.63, 3.8) is 0 Å². The van der Waals surface area contributed by atoms with Crippen LogP contribution in [0.2, 0.25) is 0 Å². The second-order valence-electron chi connectivity index (χ2n) is 6.67. The van der Waals surface area contributed by atoms with Crippen molar-refractivity contribution in [3.05, 3.63) is 107 Å². The van der Waals surface area contributed by atoms with E-state index in [0.29, 0.717) is 11.4 Å². The zero-order valence-corrected chi connectivity index (χ0v) is 16.2. The third-order valence-electron chi connectivity index (χ3n) is 4.43. The molecule has 3 rings (SSSR count). The molecule has 0 unspecified atom stereocenters. The van der Waals surface area contributed by atoms with Gasteiger partial charge >= 0.3 is 5.97 Å². The number of benzene rings is 3. The molecular weight excluding hydrogens is 348 g/mol.